The number of aromatic nitrogens is 1. The zero-order chi connectivity index (χ0) is 33.5. The minimum atomic E-state index is -0.722. The van der Waals surface area contributed by atoms with E-state index in [1.165, 1.54) is 11.3 Å². The molecule has 0 aliphatic carbocycles. The Hall–Kier alpha value is -5.16. The number of fused-ring (bicyclic) bond motifs is 1. The van der Waals surface area contributed by atoms with Crippen LogP contribution in [0.4, 0.5) is 0 Å². The number of carbonyl (C=O) groups excluding carboxylic acids is 2. The number of allylic oxidation sites excluding steroid dienone is 1. The van der Waals surface area contributed by atoms with E-state index in [-0.39, 0.29) is 24.7 Å². The number of rotatable bonds is 12. The highest BCUT2D eigenvalue weighted by Crippen LogP contribution is 2.32. The molecule has 1 aliphatic heterocycles. The highest BCUT2D eigenvalue weighted by Gasteiger charge is 2.33. The molecule has 0 saturated heterocycles. The molecule has 3 aromatic carbocycles. The summed E-state index contributed by atoms with van der Waals surface area (Å²) in [6.45, 7) is 8.44. The number of esters is 2. The second-order valence-electron chi connectivity index (χ2n) is 10.4. The SMILES string of the molecule is CCOC(=O)C1=C(C)N=c2s/c(=C\c3ccc(OCc4ccc(C(=O)OCC)cc4)c(OC)c3)c(=O)n2[C@@H]1c1ccc(OCC)cc1. The number of benzene rings is 3. The molecule has 2 heterocycles. The first-order valence-electron chi connectivity index (χ1n) is 15.3. The summed E-state index contributed by atoms with van der Waals surface area (Å²) in [5, 5.41) is 0. The van der Waals surface area contributed by atoms with Gasteiger partial charge in [-0.2, -0.15) is 0 Å². The van der Waals surface area contributed by atoms with Crippen LogP contribution in [0, 0.1) is 0 Å². The molecule has 4 aromatic rings. The molecule has 0 N–H and O–H groups in total. The Kier molecular flexibility index (Phi) is 10.6. The molecule has 1 atom stereocenters. The number of nitrogens with zero attached hydrogens (tertiary/aromatic N) is 2. The molecule has 0 amide bonds. The fraction of sp³-hybridized carbons (Fsp3) is 0.278. The van der Waals surface area contributed by atoms with E-state index in [9.17, 15) is 14.4 Å². The van der Waals surface area contributed by atoms with E-state index < -0.39 is 12.0 Å². The van der Waals surface area contributed by atoms with Crippen LogP contribution in [0.15, 0.2) is 87.8 Å². The van der Waals surface area contributed by atoms with Crippen molar-refractivity contribution < 1.29 is 33.3 Å². The van der Waals surface area contributed by atoms with Gasteiger partial charge in [0.25, 0.3) is 5.56 Å². The smallest absolute Gasteiger partial charge is 0.338 e. The van der Waals surface area contributed by atoms with Crippen molar-refractivity contribution in [2.45, 2.75) is 40.3 Å². The summed E-state index contributed by atoms with van der Waals surface area (Å²) < 4.78 is 29.6. The molecule has 1 aromatic heterocycles. The maximum atomic E-state index is 14.0. The monoisotopic (exact) mass is 656 g/mol. The maximum absolute atomic E-state index is 14.0. The molecule has 1 aliphatic rings. The van der Waals surface area contributed by atoms with Gasteiger partial charge in [-0.1, -0.05) is 41.7 Å². The quantitative estimate of drug-likeness (QED) is 0.197. The lowest BCUT2D eigenvalue weighted by Gasteiger charge is -2.24. The average Bonchev–Trinajstić information content (AvgIpc) is 3.37. The lowest BCUT2D eigenvalue weighted by molar-refractivity contribution is -0.139. The Bertz CT molecular complexity index is 1970. The second kappa shape index (κ2) is 15.0. The van der Waals surface area contributed by atoms with Gasteiger partial charge in [0.05, 0.1) is 54.3 Å². The van der Waals surface area contributed by atoms with E-state index in [4.69, 9.17) is 23.7 Å². The minimum absolute atomic E-state index is 0.194. The molecule has 0 fully saturated rings. The van der Waals surface area contributed by atoms with Gasteiger partial charge in [0, 0.05) is 0 Å². The van der Waals surface area contributed by atoms with Crippen molar-refractivity contribution in [2.24, 2.45) is 4.99 Å². The van der Waals surface area contributed by atoms with E-state index in [1.807, 2.05) is 49.4 Å². The van der Waals surface area contributed by atoms with Crippen molar-refractivity contribution in [1.82, 2.24) is 4.57 Å². The predicted octanol–water partition coefficient (Wildman–Crippen LogP) is 4.96. The number of hydrogen-bond donors (Lipinski definition) is 0. The first-order valence-corrected chi connectivity index (χ1v) is 16.1. The van der Waals surface area contributed by atoms with E-state index in [1.54, 1.807) is 62.8 Å². The van der Waals surface area contributed by atoms with Crippen LogP contribution in [0.1, 0.15) is 60.8 Å². The molecule has 244 valence electrons. The molecule has 0 unspecified atom stereocenters. The molecule has 0 radical (unpaired) electrons. The van der Waals surface area contributed by atoms with Crippen molar-refractivity contribution in [3.05, 3.63) is 120 Å². The van der Waals surface area contributed by atoms with Crippen LogP contribution in [0.3, 0.4) is 0 Å². The summed E-state index contributed by atoms with van der Waals surface area (Å²) in [4.78, 5) is 44.2. The number of hydrogen-bond acceptors (Lipinski definition) is 10. The molecule has 5 rings (SSSR count). The topological polar surface area (TPSA) is 115 Å². The fourth-order valence-electron chi connectivity index (χ4n) is 5.18. The third-order valence-electron chi connectivity index (χ3n) is 7.37. The number of methoxy groups -OCH3 is 1. The third-order valence-corrected chi connectivity index (χ3v) is 8.35. The summed E-state index contributed by atoms with van der Waals surface area (Å²) >= 11 is 1.24. The van der Waals surface area contributed by atoms with Crippen molar-refractivity contribution >= 4 is 29.4 Å². The van der Waals surface area contributed by atoms with Crippen LogP contribution in [0.5, 0.6) is 17.2 Å². The van der Waals surface area contributed by atoms with Gasteiger partial charge in [-0.05, 0) is 86.9 Å². The summed E-state index contributed by atoms with van der Waals surface area (Å²) in [5.41, 5.74) is 3.31. The van der Waals surface area contributed by atoms with Crippen LogP contribution in [0.2, 0.25) is 0 Å². The Morgan fingerprint density at radius 3 is 2.23 bits per heavy atom. The van der Waals surface area contributed by atoms with Crippen LogP contribution in [0.25, 0.3) is 6.08 Å². The molecule has 0 saturated carbocycles. The van der Waals surface area contributed by atoms with Gasteiger partial charge in [-0.3, -0.25) is 9.36 Å². The molecule has 47 heavy (non-hydrogen) atoms. The van der Waals surface area contributed by atoms with Gasteiger partial charge in [-0.25, -0.2) is 14.6 Å². The van der Waals surface area contributed by atoms with Crippen molar-refractivity contribution in [3.8, 4) is 17.2 Å². The zero-order valence-corrected chi connectivity index (χ0v) is 27.7. The van der Waals surface area contributed by atoms with Crippen LogP contribution in [-0.4, -0.2) is 43.4 Å². The van der Waals surface area contributed by atoms with Gasteiger partial charge < -0.3 is 23.7 Å². The molecular formula is C36H36N2O8S. The summed E-state index contributed by atoms with van der Waals surface area (Å²) in [6.07, 6.45) is 1.77. The van der Waals surface area contributed by atoms with E-state index in [0.717, 1.165) is 16.7 Å². The predicted molar refractivity (Wildman–Crippen MR) is 178 cm³/mol. The summed E-state index contributed by atoms with van der Waals surface area (Å²) in [7, 11) is 1.55. The molecule has 10 nitrogen and oxygen atoms in total. The summed E-state index contributed by atoms with van der Waals surface area (Å²) in [5.74, 6) is 0.812. The maximum Gasteiger partial charge on any atom is 0.338 e. The lowest BCUT2D eigenvalue weighted by atomic mass is 9.96. The Morgan fingerprint density at radius 2 is 1.57 bits per heavy atom. The van der Waals surface area contributed by atoms with Crippen molar-refractivity contribution in [2.75, 3.05) is 26.9 Å². The van der Waals surface area contributed by atoms with Gasteiger partial charge in [-0.15, -0.1) is 0 Å². The van der Waals surface area contributed by atoms with Gasteiger partial charge >= 0.3 is 11.9 Å². The number of carbonyl (C=O) groups is 2. The normalized spacial score (nSPS) is 14.2. The van der Waals surface area contributed by atoms with Crippen molar-refractivity contribution in [1.29, 1.82) is 0 Å². The fourth-order valence-corrected chi connectivity index (χ4v) is 6.22. The molecule has 0 spiro atoms. The van der Waals surface area contributed by atoms with Crippen LogP contribution >= 0.6 is 11.3 Å². The average molecular weight is 657 g/mol. The lowest BCUT2D eigenvalue weighted by Crippen LogP contribution is -2.39. The largest absolute Gasteiger partial charge is 0.494 e. The van der Waals surface area contributed by atoms with Crippen LogP contribution in [-0.2, 0) is 20.9 Å². The van der Waals surface area contributed by atoms with Gasteiger partial charge in [0.2, 0.25) is 0 Å². The van der Waals surface area contributed by atoms with Gasteiger partial charge in [0.15, 0.2) is 16.3 Å². The third kappa shape index (κ3) is 7.30. The molecule has 0 bridgehead atoms. The zero-order valence-electron chi connectivity index (χ0n) is 26.9. The van der Waals surface area contributed by atoms with Crippen molar-refractivity contribution in [3.63, 3.8) is 0 Å². The Morgan fingerprint density at radius 1 is 0.872 bits per heavy atom. The standard InChI is InChI=1S/C36H36N2O8S/c1-6-43-27-16-14-25(15-17-27)32-31(35(41)45-8-3)22(4)37-36-38(32)33(39)30(47-36)20-24-11-18-28(29(19-24)42-5)46-21-23-9-12-26(13-10-23)34(40)44-7-2/h9-20,32H,6-8,21H2,1-5H3/b30-20-/t32-/m1/s1. The Labute approximate surface area is 276 Å². The first-order chi connectivity index (χ1) is 22.8. The van der Waals surface area contributed by atoms with Gasteiger partial charge in [0.1, 0.15) is 12.4 Å². The first kappa shape index (κ1) is 33.2. The second-order valence-corrected chi connectivity index (χ2v) is 11.4. The molecular weight excluding hydrogens is 620 g/mol. The highest BCUT2D eigenvalue weighted by atomic mass is 32.1. The van der Waals surface area contributed by atoms with Crippen LogP contribution < -0.4 is 29.1 Å². The van der Waals surface area contributed by atoms with E-state index in [2.05, 4.69) is 4.99 Å². The van der Waals surface area contributed by atoms with E-state index in [0.29, 0.717) is 56.6 Å². The summed E-state index contributed by atoms with van der Waals surface area (Å²) in [6, 6.07) is 19.0. The molecule has 11 heteroatoms. The Balaban J connectivity index is 1.46. The number of thiazole rings is 1. The van der Waals surface area contributed by atoms with E-state index >= 15 is 0 Å². The number of ether oxygens (including phenoxy) is 5. The highest BCUT2D eigenvalue weighted by molar-refractivity contribution is 7.07. The minimum Gasteiger partial charge on any atom is -0.494 e.